The molecule has 1 fully saturated rings. The van der Waals surface area contributed by atoms with Gasteiger partial charge < -0.3 is 15.0 Å². The lowest BCUT2D eigenvalue weighted by atomic mass is 9.95. The second kappa shape index (κ2) is 4.53. The summed E-state index contributed by atoms with van der Waals surface area (Å²) in [5.41, 5.74) is -1.39. The fourth-order valence-corrected chi connectivity index (χ4v) is 1.17. The lowest BCUT2D eigenvalue weighted by Gasteiger charge is -2.33. The summed E-state index contributed by atoms with van der Waals surface area (Å²) in [6.45, 7) is 6.01. The Balaban J connectivity index is 2.56. The van der Waals surface area contributed by atoms with Gasteiger partial charge in [-0.05, 0) is 0 Å². The first-order chi connectivity index (χ1) is 7.24. The molecule has 0 saturated carbocycles. The smallest absolute Gasteiger partial charge is 0.383 e. The van der Waals surface area contributed by atoms with Crippen molar-refractivity contribution >= 4 is 6.09 Å². The van der Waals surface area contributed by atoms with Crippen LogP contribution in [0.4, 0.5) is 13.6 Å². The Bertz CT molecular complexity index is 258. The van der Waals surface area contributed by atoms with Gasteiger partial charge in [0.25, 0.3) is 0 Å². The van der Waals surface area contributed by atoms with Gasteiger partial charge >= 0.3 is 12.2 Å². The third-order valence-corrected chi connectivity index (χ3v) is 2.46. The zero-order valence-electron chi connectivity index (χ0n) is 9.85. The minimum atomic E-state index is -3.45. The van der Waals surface area contributed by atoms with Gasteiger partial charge in [0.2, 0.25) is 0 Å². The highest BCUT2D eigenvalue weighted by Crippen LogP contribution is 2.36. The van der Waals surface area contributed by atoms with Crippen molar-refractivity contribution in [3.8, 4) is 0 Å². The molecule has 1 heterocycles. The summed E-state index contributed by atoms with van der Waals surface area (Å²) in [5, 5.41) is 3.03. The third kappa shape index (κ3) is 3.04. The normalized spacial score (nSPS) is 18.4. The minimum absolute atomic E-state index is 0.402. The Morgan fingerprint density at radius 1 is 1.25 bits per heavy atom. The van der Waals surface area contributed by atoms with Gasteiger partial charge in [0.1, 0.15) is 0 Å². The van der Waals surface area contributed by atoms with Crippen LogP contribution in [0.25, 0.3) is 0 Å². The minimum Gasteiger partial charge on any atom is -0.383 e. The number of ether oxygens (including phenoxy) is 1. The van der Waals surface area contributed by atoms with E-state index in [1.54, 1.807) is 0 Å². The second-order valence-electron chi connectivity index (χ2n) is 4.87. The number of hydrogen-bond donors (Lipinski definition) is 1. The number of hydrogen-bond acceptors (Lipinski definition) is 3. The molecule has 0 aliphatic carbocycles. The van der Waals surface area contributed by atoms with Crippen LogP contribution in [0.15, 0.2) is 0 Å². The number of rotatable bonds is 1. The topological polar surface area (TPSA) is 41.6 Å². The van der Waals surface area contributed by atoms with E-state index in [2.05, 4.69) is 10.1 Å². The molecule has 0 aromatic rings. The highest BCUT2D eigenvalue weighted by Gasteiger charge is 2.48. The molecule has 1 aliphatic heterocycles. The van der Waals surface area contributed by atoms with E-state index >= 15 is 0 Å². The first-order valence-electron chi connectivity index (χ1n) is 5.30. The van der Waals surface area contributed by atoms with Crippen molar-refractivity contribution in [3.05, 3.63) is 0 Å². The number of halogens is 2. The fourth-order valence-electron chi connectivity index (χ4n) is 1.17. The van der Waals surface area contributed by atoms with Crippen molar-refractivity contribution < 1.29 is 18.3 Å². The first-order valence-corrected chi connectivity index (χ1v) is 5.30. The van der Waals surface area contributed by atoms with Crippen molar-refractivity contribution in [3.63, 3.8) is 0 Å². The SMILES string of the molecule is CC(C)(C)C(F)(F)OC(=O)N1CCNCC1. The van der Waals surface area contributed by atoms with Crippen LogP contribution < -0.4 is 5.32 Å². The Morgan fingerprint density at radius 3 is 2.19 bits per heavy atom. The van der Waals surface area contributed by atoms with E-state index < -0.39 is 17.6 Å². The average Bonchev–Trinajstić information content (AvgIpc) is 2.16. The molecule has 0 bridgehead atoms. The number of carbonyl (C=O) groups excluding carboxylic acids is 1. The van der Waals surface area contributed by atoms with Gasteiger partial charge in [-0.3, -0.25) is 0 Å². The van der Waals surface area contributed by atoms with Gasteiger partial charge in [0.15, 0.2) is 0 Å². The number of carbonyl (C=O) groups is 1. The van der Waals surface area contributed by atoms with E-state index in [4.69, 9.17) is 0 Å². The van der Waals surface area contributed by atoms with Gasteiger partial charge in [-0.25, -0.2) is 4.79 Å². The quantitative estimate of drug-likeness (QED) is 0.753. The van der Waals surface area contributed by atoms with Gasteiger partial charge in [-0.1, -0.05) is 20.8 Å². The van der Waals surface area contributed by atoms with Crippen LogP contribution in [0, 0.1) is 5.41 Å². The Morgan fingerprint density at radius 2 is 1.75 bits per heavy atom. The van der Waals surface area contributed by atoms with Gasteiger partial charge in [-0.15, -0.1) is 0 Å². The van der Waals surface area contributed by atoms with Crippen LogP contribution in [0.5, 0.6) is 0 Å². The molecule has 94 valence electrons. The molecular formula is C10H18F2N2O2. The van der Waals surface area contributed by atoms with Crippen LogP contribution in [0.3, 0.4) is 0 Å². The van der Waals surface area contributed by atoms with E-state index in [9.17, 15) is 13.6 Å². The molecule has 0 aromatic heterocycles. The van der Waals surface area contributed by atoms with Crippen molar-refractivity contribution in [1.29, 1.82) is 0 Å². The number of nitrogens with zero attached hydrogens (tertiary/aromatic N) is 1. The largest absolute Gasteiger partial charge is 0.414 e. The van der Waals surface area contributed by atoms with E-state index in [0.717, 1.165) is 0 Å². The Kier molecular flexibility index (Phi) is 3.72. The fraction of sp³-hybridized carbons (Fsp3) is 0.900. The molecule has 6 heteroatoms. The zero-order valence-corrected chi connectivity index (χ0v) is 9.85. The molecule has 4 nitrogen and oxygen atoms in total. The number of alkyl halides is 2. The van der Waals surface area contributed by atoms with Crippen LogP contribution in [0.2, 0.25) is 0 Å². The number of nitrogens with one attached hydrogen (secondary N) is 1. The number of amides is 1. The molecule has 0 aromatic carbocycles. The van der Waals surface area contributed by atoms with Gasteiger partial charge in [-0.2, -0.15) is 8.78 Å². The Labute approximate surface area is 93.9 Å². The monoisotopic (exact) mass is 236 g/mol. The second-order valence-corrected chi connectivity index (χ2v) is 4.87. The molecule has 0 spiro atoms. The summed E-state index contributed by atoms with van der Waals surface area (Å²) < 4.78 is 31.2. The highest BCUT2D eigenvalue weighted by molar-refractivity contribution is 5.68. The van der Waals surface area contributed by atoms with Crippen LogP contribution >= 0.6 is 0 Å². The standard InChI is InChI=1S/C10H18F2N2O2/c1-9(2,3)10(11,12)16-8(15)14-6-4-13-5-7-14/h13H,4-7H2,1-3H3. The molecular weight excluding hydrogens is 218 g/mol. The third-order valence-electron chi connectivity index (χ3n) is 2.46. The molecule has 1 N–H and O–H groups in total. The molecule has 0 atom stereocenters. The van der Waals surface area contributed by atoms with Crippen molar-refractivity contribution in [2.75, 3.05) is 26.2 Å². The average molecular weight is 236 g/mol. The van der Waals surface area contributed by atoms with E-state index in [0.29, 0.717) is 26.2 Å². The first kappa shape index (κ1) is 13.2. The summed E-state index contributed by atoms with van der Waals surface area (Å²) >= 11 is 0. The van der Waals surface area contributed by atoms with E-state index in [1.165, 1.54) is 25.7 Å². The summed E-state index contributed by atoms with van der Waals surface area (Å²) in [4.78, 5) is 12.7. The summed E-state index contributed by atoms with van der Waals surface area (Å²) in [5.74, 6) is 0. The predicted octanol–water partition coefficient (Wildman–Crippen LogP) is 1.67. The molecule has 0 radical (unpaired) electrons. The predicted molar refractivity (Wildman–Crippen MR) is 55.3 cm³/mol. The van der Waals surface area contributed by atoms with Gasteiger partial charge in [0.05, 0.1) is 5.41 Å². The van der Waals surface area contributed by atoms with E-state index in [-0.39, 0.29) is 0 Å². The highest BCUT2D eigenvalue weighted by atomic mass is 19.3. The van der Waals surface area contributed by atoms with Crippen molar-refractivity contribution in [1.82, 2.24) is 10.2 Å². The van der Waals surface area contributed by atoms with Crippen LogP contribution in [-0.4, -0.2) is 43.3 Å². The number of piperazine rings is 1. The maximum atomic E-state index is 13.5. The molecule has 0 unspecified atom stereocenters. The Hall–Kier alpha value is -0.910. The maximum absolute atomic E-state index is 13.5. The molecule has 16 heavy (non-hydrogen) atoms. The lowest BCUT2D eigenvalue weighted by molar-refractivity contribution is -0.264. The van der Waals surface area contributed by atoms with Crippen LogP contribution in [0.1, 0.15) is 20.8 Å². The summed E-state index contributed by atoms with van der Waals surface area (Å²) in [6.07, 6.45) is -4.39. The molecule has 1 rings (SSSR count). The summed E-state index contributed by atoms with van der Waals surface area (Å²) in [6, 6.07) is 0. The van der Waals surface area contributed by atoms with Crippen molar-refractivity contribution in [2.24, 2.45) is 5.41 Å². The van der Waals surface area contributed by atoms with Crippen LogP contribution in [-0.2, 0) is 4.74 Å². The van der Waals surface area contributed by atoms with Crippen molar-refractivity contribution in [2.45, 2.75) is 26.9 Å². The molecule has 1 amide bonds. The van der Waals surface area contributed by atoms with E-state index in [1.807, 2.05) is 0 Å². The molecule has 1 saturated heterocycles. The van der Waals surface area contributed by atoms with Gasteiger partial charge in [0, 0.05) is 26.2 Å². The lowest BCUT2D eigenvalue weighted by Crippen LogP contribution is -2.49. The zero-order chi connectivity index (χ0) is 12.4. The maximum Gasteiger partial charge on any atom is 0.414 e. The summed E-state index contributed by atoms with van der Waals surface area (Å²) in [7, 11) is 0. The molecule has 1 aliphatic rings.